The molecule has 9 heteroatoms. The third-order valence-corrected chi connectivity index (χ3v) is 3.05. The summed E-state index contributed by atoms with van der Waals surface area (Å²) in [6, 6.07) is 2.99. The van der Waals surface area contributed by atoms with Crippen LogP contribution in [0, 0.1) is 6.92 Å². The molecule has 0 saturated carbocycles. The smallest absolute Gasteiger partial charge is 0.340 e. The maximum atomic E-state index is 13.1. The maximum Gasteiger partial charge on any atom is 0.412 e. The molecule has 0 bridgehead atoms. The van der Waals surface area contributed by atoms with Gasteiger partial charge in [0, 0.05) is 5.02 Å². The first-order chi connectivity index (χ1) is 10.3. The van der Waals surface area contributed by atoms with Gasteiger partial charge in [0.1, 0.15) is 5.82 Å². The van der Waals surface area contributed by atoms with Gasteiger partial charge in [0.15, 0.2) is 11.9 Å². The molecule has 0 aliphatic carbocycles. The van der Waals surface area contributed by atoms with Crippen LogP contribution in [0.25, 0.3) is 0 Å². The van der Waals surface area contributed by atoms with Gasteiger partial charge in [0.25, 0.3) is 0 Å². The summed E-state index contributed by atoms with van der Waals surface area (Å²) in [7, 11) is 0. The Morgan fingerprint density at radius 1 is 1.36 bits per heavy atom. The lowest BCUT2D eigenvalue weighted by atomic mass is 10.1. The fourth-order valence-corrected chi connectivity index (χ4v) is 1.96. The second kappa shape index (κ2) is 6.35. The molecule has 1 aromatic heterocycles. The molecular weight excluding hydrogens is 321 g/mol. The predicted molar refractivity (Wildman–Crippen MR) is 73.2 cm³/mol. The lowest BCUT2D eigenvalue weighted by Gasteiger charge is -2.22. The summed E-state index contributed by atoms with van der Waals surface area (Å²) in [4.78, 5) is 15.7. The van der Waals surface area contributed by atoms with Crippen LogP contribution in [0.3, 0.4) is 0 Å². The third-order valence-electron chi connectivity index (χ3n) is 2.80. The SMILES string of the molecule is Cc1nc(CC(=O)NC(c2ccc(Cl)cc2)C(F)(F)F)n[nH]1. The molecule has 2 aromatic rings. The summed E-state index contributed by atoms with van der Waals surface area (Å²) in [6.07, 6.45) is -4.97. The summed E-state index contributed by atoms with van der Waals surface area (Å²) in [5.74, 6) is -0.212. The number of hydrogen-bond acceptors (Lipinski definition) is 3. The quantitative estimate of drug-likeness (QED) is 0.904. The fourth-order valence-electron chi connectivity index (χ4n) is 1.83. The average Bonchev–Trinajstić information content (AvgIpc) is 2.81. The number of aromatic nitrogens is 3. The molecule has 1 atom stereocenters. The molecule has 0 saturated heterocycles. The Morgan fingerprint density at radius 3 is 2.50 bits per heavy atom. The number of nitrogens with zero attached hydrogens (tertiary/aromatic N) is 2. The van der Waals surface area contributed by atoms with E-state index < -0.39 is 18.1 Å². The molecular formula is C13H12ClF3N4O. The number of aryl methyl sites for hydroxylation is 1. The summed E-state index contributed by atoms with van der Waals surface area (Å²) in [5, 5.41) is 8.49. The van der Waals surface area contributed by atoms with Crippen molar-refractivity contribution in [2.45, 2.75) is 25.6 Å². The highest BCUT2D eigenvalue weighted by molar-refractivity contribution is 6.30. The largest absolute Gasteiger partial charge is 0.412 e. The van der Waals surface area contributed by atoms with Crippen LogP contribution in [-0.2, 0) is 11.2 Å². The minimum Gasteiger partial charge on any atom is -0.340 e. The van der Waals surface area contributed by atoms with Crippen molar-refractivity contribution in [1.29, 1.82) is 0 Å². The molecule has 22 heavy (non-hydrogen) atoms. The van der Waals surface area contributed by atoms with Crippen LogP contribution in [0.15, 0.2) is 24.3 Å². The first-order valence-electron chi connectivity index (χ1n) is 6.25. The van der Waals surface area contributed by atoms with E-state index in [0.717, 1.165) is 0 Å². The van der Waals surface area contributed by atoms with Crippen LogP contribution in [-0.4, -0.2) is 27.3 Å². The van der Waals surface area contributed by atoms with Gasteiger partial charge < -0.3 is 5.32 Å². The lowest BCUT2D eigenvalue weighted by molar-refractivity contribution is -0.163. The van der Waals surface area contributed by atoms with Crippen LogP contribution in [0.2, 0.25) is 5.02 Å². The van der Waals surface area contributed by atoms with Crippen molar-refractivity contribution in [1.82, 2.24) is 20.5 Å². The molecule has 5 nitrogen and oxygen atoms in total. The molecule has 0 radical (unpaired) electrons. The first kappa shape index (κ1) is 16.3. The van der Waals surface area contributed by atoms with Crippen LogP contribution < -0.4 is 5.32 Å². The minimum atomic E-state index is -4.63. The number of carbonyl (C=O) groups is 1. The van der Waals surface area contributed by atoms with E-state index >= 15 is 0 Å². The average molecular weight is 333 g/mol. The van der Waals surface area contributed by atoms with E-state index in [4.69, 9.17) is 11.6 Å². The number of aromatic amines is 1. The van der Waals surface area contributed by atoms with E-state index in [1.54, 1.807) is 6.92 Å². The number of amides is 1. The number of hydrogen-bond donors (Lipinski definition) is 2. The second-order valence-electron chi connectivity index (χ2n) is 4.61. The van der Waals surface area contributed by atoms with Crippen molar-refractivity contribution in [3.05, 3.63) is 46.5 Å². The van der Waals surface area contributed by atoms with E-state index in [0.29, 0.717) is 10.8 Å². The van der Waals surface area contributed by atoms with Crippen molar-refractivity contribution < 1.29 is 18.0 Å². The molecule has 2 rings (SSSR count). The van der Waals surface area contributed by atoms with Gasteiger partial charge in [-0.3, -0.25) is 9.89 Å². The van der Waals surface area contributed by atoms with E-state index in [9.17, 15) is 18.0 Å². The Labute approximate surface area is 128 Å². The maximum absolute atomic E-state index is 13.1. The van der Waals surface area contributed by atoms with Crippen LogP contribution in [0.5, 0.6) is 0 Å². The zero-order chi connectivity index (χ0) is 16.3. The molecule has 1 amide bonds. The topological polar surface area (TPSA) is 70.7 Å². The van der Waals surface area contributed by atoms with Gasteiger partial charge in [0.2, 0.25) is 5.91 Å². The number of H-pyrrole nitrogens is 1. The zero-order valence-electron chi connectivity index (χ0n) is 11.4. The van der Waals surface area contributed by atoms with Gasteiger partial charge in [-0.1, -0.05) is 23.7 Å². The standard InChI is InChI=1S/C13H12ClF3N4O/c1-7-18-10(21-20-7)6-11(22)19-12(13(15,16)17)8-2-4-9(14)5-3-8/h2-5,12H,6H2,1H3,(H,19,22)(H,18,20,21). The van der Waals surface area contributed by atoms with E-state index in [1.165, 1.54) is 24.3 Å². The van der Waals surface area contributed by atoms with Crippen molar-refractivity contribution in [2.24, 2.45) is 0 Å². The molecule has 1 heterocycles. The van der Waals surface area contributed by atoms with Crippen molar-refractivity contribution >= 4 is 17.5 Å². The molecule has 0 aliphatic rings. The number of alkyl halides is 3. The van der Waals surface area contributed by atoms with E-state index in [2.05, 4.69) is 15.2 Å². The minimum absolute atomic E-state index is 0.101. The van der Waals surface area contributed by atoms with Crippen LogP contribution >= 0.6 is 11.6 Å². The van der Waals surface area contributed by atoms with Gasteiger partial charge in [-0.25, -0.2) is 4.98 Å². The van der Waals surface area contributed by atoms with Gasteiger partial charge in [0.05, 0.1) is 6.42 Å². The number of rotatable bonds is 4. The zero-order valence-corrected chi connectivity index (χ0v) is 12.2. The van der Waals surface area contributed by atoms with E-state index in [-0.39, 0.29) is 17.8 Å². The Balaban J connectivity index is 2.13. The van der Waals surface area contributed by atoms with Crippen LogP contribution in [0.1, 0.15) is 23.3 Å². The van der Waals surface area contributed by atoms with E-state index in [1.807, 2.05) is 5.32 Å². The fraction of sp³-hybridized carbons (Fsp3) is 0.308. The van der Waals surface area contributed by atoms with Gasteiger partial charge in [-0.15, -0.1) is 0 Å². The highest BCUT2D eigenvalue weighted by Crippen LogP contribution is 2.33. The Hall–Kier alpha value is -2.09. The predicted octanol–water partition coefficient (Wildman–Crippen LogP) is 2.73. The highest BCUT2D eigenvalue weighted by atomic mass is 35.5. The summed E-state index contributed by atoms with van der Waals surface area (Å²) in [6.45, 7) is 1.63. The number of nitrogens with one attached hydrogen (secondary N) is 2. The van der Waals surface area contributed by atoms with Gasteiger partial charge in [-0.2, -0.15) is 18.3 Å². The van der Waals surface area contributed by atoms with Crippen molar-refractivity contribution in [3.8, 4) is 0 Å². The number of carbonyl (C=O) groups excluding carboxylic acids is 1. The number of halogens is 4. The molecule has 1 unspecified atom stereocenters. The van der Waals surface area contributed by atoms with Crippen LogP contribution in [0.4, 0.5) is 13.2 Å². The lowest BCUT2D eigenvalue weighted by Crippen LogP contribution is -2.39. The Bertz CT molecular complexity index is 654. The van der Waals surface area contributed by atoms with Gasteiger partial charge >= 0.3 is 6.18 Å². The van der Waals surface area contributed by atoms with Crippen molar-refractivity contribution in [3.63, 3.8) is 0 Å². The highest BCUT2D eigenvalue weighted by Gasteiger charge is 2.41. The van der Waals surface area contributed by atoms with Gasteiger partial charge in [-0.05, 0) is 24.6 Å². The molecule has 118 valence electrons. The first-order valence-corrected chi connectivity index (χ1v) is 6.63. The molecule has 2 N–H and O–H groups in total. The molecule has 0 fully saturated rings. The summed E-state index contributed by atoms with van der Waals surface area (Å²) in [5.41, 5.74) is -0.101. The number of benzene rings is 1. The Kier molecular flexibility index (Phi) is 4.70. The molecule has 0 aliphatic heterocycles. The third kappa shape index (κ3) is 4.20. The molecule has 1 aromatic carbocycles. The van der Waals surface area contributed by atoms with Crippen molar-refractivity contribution in [2.75, 3.05) is 0 Å². The second-order valence-corrected chi connectivity index (χ2v) is 5.04. The summed E-state index contributed by atoms with van der Waals surface area (Å²) < 4.78 is 39.4. The Morgan fingerprint density at radius 2 is 2.00 bits per heavy atom. The monoisotopic (exact) mass is 332 g/mol. The normalized spacial score (nSPS) is 13.0. The summed E-state index contributed by atoms with van der Waals surface area (Å²) >= 11 is 5.66. The molecule has 0 spiro atoms.